The number of benzene rings is 2. The van der Waals surface area contributed by atoms with Gasteiger partial charge >= 0.3 is 5.97 Å². The minimum absolute atomic E-state index is 0.330. The molecule has 0 N–H and O–H groups in total. The molecule has 0 aliphatic carbocycles. The molecule has 0 aliphatic rings. The van der Waals surface area contributed by atoms with Crippen molar-refractivity contribution in [1.82, 2.24) is 9.78 Å². The number of Topliss-reactive ketones (excluding diaryl/α,β-unsaturated/α-hetero) is 1. The van der Waals surface area contributed by atoms with Gasteiger partial charge < -0.3 is 4.74 Å². The summed E-state index contributed by atoms with van der Waals surface area (Å²) in [6.45, 7) is 3.44. The van der Waals surface area contributed by atoms with Crippen molar-refractivity contribution in [3.63, 3.8) is 0 Å². The molecule has 6 heteroatoms. The van der Waals surface area contributed by atoms with Crippen molar-refractivity contribution < 1.29 is 14.3 Å². The summed E-state index contributed by atoms with van der Waals surface area (Å²) in [6.07, 6.45) is 2.95. The van der Waals surface area contributed by atoms with Gasteiger partial charge in [0.05, 0.1) is 16.4 Å². The normalized spacial score (nSPS) is 11.0. The molecule has 0 unspecified atom stereocenters. The van der Waals surface area contributed by atoms with Gasteiger partial charge in [-0.1, -0.05) is 41.9 Å². The fourth-order valence-corrected chi connectivity index (χ4v) is 3.06. The first kappa shape index (κ1) is 19.6. The van der Waals surface area contributed by atoms with Gasteiger partial charge in [0, 0.05) is 22.9 Å². The molecule has 0 aliphatic heterocycles. The first-order chi connectivity index (χ1) is 13.5. The number of carbonyl (C=O) groups is 2. The number of esters is 1. The van der Waals surface area contributed by atoms with Crippen molar-refractivity contribution >= 4 is 29.4 Å². The van der Waals surface area contributed by atoms with E-state index in [1.165, 1.54) is 6.08 Å². The molecule has 3 aromatic rings. The maximum atomic E-state index is 12.1. The van der Waals surface area contributed by atoms with E-state index in [0.717, 1.165) is 22.6 Å². The van der Waals surface area contributed by atoms with Crippen LogP contribution in [0.15, 0.2) is 60.7 Å². The second-order valence-electron chi connectivity index (χ2n) is 6.18. The summed E-state index contributed by atoms with van der Waals surface area (Å²) in [6, 6.07) is 16.4. The molecule has 0 amide bonds. The van der Waals surface area contributed by atoms with Gasteiger partial charge in [0.25, 0.3) is 0 Å². The first-order valence-corrected chi connectivity index (χ1v) is 9.09. The summed E-state index contributed by atoms with van der Waals surface area (Å²) in [7, 11) is 0. The highest BCUT2D eigenvalue weighted by atomic mass is 35.5. The molecule has 0 bridgehead atoms. The minimum atomic E-state index is -0.605. The Labute approximate surface area is 168 Å². The van der Waals surface area contributed by atoms with E-state index in [-0.39, 0.29) is 12.4 Å². The van der Waals surface area contributed by atoms with E-state index < -0.39 is 5.97 Å². The van der Waals surface area contributed by atoms with Gasteiger partial charge in [-0.25, -0.2) is 9.48 Å². The van der Waals surface area contributed by atoms with Crippen molar-refractivity contribution in [3.05, 3.63) is 88.2 Å². The number of carbonyl (C=O) groups excluding carboxylic acids is 2. The van der Waals surface area contributed by atoms with Gasteiger partial charge in [-0.2, -0.15) is 5.10 Å². The van der Waals surface area contributed by atoms with Crippen LogP contribution in [-0.4, -0.2) is 28.1 Å². The number of ether oxygens (including phenoxy) is 1. The number of rotatable bonds is 6. The van der Waals surface area contributed by atoms with Crippen LogP contribution in [-0.2, 0) is 9.53 Å². The molecule has 1 heterocycles. The maximum Gasteiger partial charge on any atom is 0.331 e. The summed E-state index contributed by atoms with van der Waals surface area (Å²) in [4.78, 5) is 24.1. The Hall–Kier alpha value is -3.18. The maximum absolute atomic E-state index is 12.1. The fourth-order valence-electron chi connectivity index (χ4n) is 2.82. The molecule has 2 aromatic carbocycles. The van der Waals surface area contributed by atoms with E-state index in [2.05, 4.69) is 5.10 Å². The summed E-state index contributed by atoms with van der Waals surface area (Å²) < 4.78 is 6.87. The number of aromatic nitrogens is 2. The van der Waals surface area contributed by atoms with Gasteiger partial charge in [-0.15, -0.1) is 0 Å². The average Bonchev–Trinajstić information content (AvgIpc) is 2.99. The van der Waals surface area contributed by atoms with Gasteiger partial charge in [0.1, 0.15) is 0 Å². The third-order valence-electron chi connectivity index (χ3n) is 4.25. The molecule has 0 spiro atoms. The fraction of sp³-hybridized carbons (Fsp3) is 0.136. The van der Waals surface area contributed by atoms with Crippen LogP contribution in [0.3, 0.4) is 0 Å². The number of para-hydroxylation sites is 1. The third-order valence-corrected chi connectivity index (χ3v) is 4.58. The number of halogens is 1. The van der Waals surface area contributed by atoms with Crippen molar-refractivity contribution in [2.75, 3.05) is 6.61 Å². The number of hydrogen-bond donors (Lipinski definition) is 0. The molecular weight excluding hydrogens is 376 g/mol. The molecule has 0 saturated heterocycles. The monoisotopic (exact) mass is 394 g/mol. The SMILES string of the molecule is Cc1nn(-c2ccccc2)c(C)c1/C=C/C(=O)OCC(=O)c1ccccc1Cl. The van der Waals surface area contributed by atoms with Crippen LogP contribution < -0.4 is 0 Å². The summed E-state index contributed by atoms with van der Waals surface area (Å²) in [5.74, 6) is -0.955. The van der Waals surface area contributed by atoms with Crippen LogP contribution in [0, 0.1) is 13.8 Å². The van der Waals surface area contributed by atoms with Gasteiger partial charge in [0.15, 0.2) is 6.61 Å². The Morgan fingerprint density at radius 1 is 1.07 bits per heavy atom. The topological polar surface area (TPSA) is 61.2 Å². The molecular formula is C22H19ClN2O3. The zero-order valence-electron chi connectivity index (χ0n) is 15.6. The van der Waals surface area contributed by atoms with E-state index in [1.807, 2.05) is 48.9 Å². The Morgan fingerprint density at radius 2 is 1.75 bits per heavy atom. The Morgan fingerprint density at radius 3 is 2.46 bits per heavy atom. The van der Waals surface area contributed by atoms with Gasteiger partial charge in [0.2, 0.25) is 5.78 Å². The average molecular weight is 395 g/mol. The van der Waals surface area contributed by atoms with Crippen LogP contribution in [0.4, 0.5) is 0 Å². The van der Waals surface area contributed by atoms with Crippen LogP contribution >= 0.6 is 11.6 Å². The van der Waals surface area contributed by atoms with Crippen LogP contribution in [0.1, 0.15) is 27.3 Å². The summed E-state index contributed by atoms with van der Waals surface area (Å²) >= 11 is 5.98. The largest absolute Gasteiger partial charge is 0.454 e. The van der Waals surface area contributed by atoms with Gasteiger partial charge in [-0.3, -0.25) is 4.79 Å². The van der Waals surface area contributed by atoms with E-state index >= 15 is 0 Å². The second-order valence-corrected chi connectivity index (χ2v) is 6.58. The number of hydrogen-bond acceptors (Lipinski definition) is 4. The molecule has 28 heavy (non-hydrogen) atoms. The Kier molecular flexibility index (Phi) is 6.06. The lowest BCUT2D eigenvalue weighted by molar-refractivity contribution is -0.136. The van der Waals surface area contributed by atoms with Crippen molar-refractivity contribution in [2.24, 2.45) is 0 Å². The molecule has 0 fully saturated rings. The van der Waals surface area contributed by atoms with E-state index in [9.17, 15) is 9.59 Å². The van der Waals surface area contributed by atoms with Crippen molar-refractivity contribution in [3.8, 4) is 5.69 Å². The van der Waals surface area contributed by atoms with E-state index in [0.29, 0.717) is 10.6 Å². The second kappa shape index (κ2) is 8.67. The van der Waals surface area contributed by atoms with Gasteiger partial charge in [-0.05, 0) is 44.2 Å². The highest BCUT2D eigenvalue weighted by Crippen LogP contribution is 2.19. The molecule has 0 radical (unpaired) electrons. The quantitative estimate of drug-likeness (QED) is 0.349. The number of nitrogens with zero attached hydrogens (tertiary/aromatic N) is 2. The van der Waals surface area contributed by atoms with E-state index in [1.54, 1.807) is 30.3 Å². The number of ketones is 1. The van der Waals surface area contributed by atoms with Crippen LogP contribution in [0.5, 0.6) is 0 Å². The zero-order valence-corrected chi connectivity index (χ0v) is 16.3. The molecule has 3 rings (SSSR count). The highest BCUT2D eigenvalue weighted by Gasteiger charge is 2.13. The predicted octanol–water partition coefficient (Wildman–Crippen LogP) is 4.58. The Bertz CT molecular complexity index is 1040. The molecule has 142 valence electrons. The molecule has 5 nitrogen and oxygen atoms in total. The molecule has 0 atom stereocenters. The highest BCUT2D eigenvalue weighted by molar-refractivity contribution is 6.34. The predicted molar refractivity (Wildman–Crippen MR) is 109 cm³/mol. The number of aryl methyl sites for hydroxylation is 1. The van der Waals surface area contributed by atoms with Crippen LogP contribution in [0.2, 0.25) is 5.02 Å². The summed E-state index contributed by atoms with van der Waals surface area (Å²) in [5, 5.41) is 4.86. The van der Waals surface area contributed by atoms with Crippen LogP contribution in [0.25, 0.3) is 11.8 Å². The standard InChI is InChI=1S/C22H19ClN2O3/c1-15-18(16(2)25(24-15)17-8-4-3-5-9-17)12-13-22(27)28-14-21(26)19-10-6-7-11-20(19)23/h3-13H,14H2,1-2H3/b13-12+. The summed E-state index contributed by atoms with van der Waals surface area (Å²) in [5.41, 5.74) is 3.79. The first-order valence-electron chi connectivity index (χ1n) is 8.71. The molecule has 1 aromatic heterocycles. The molecule has 0 saturated carbocycles. The smallest absolute Gasteiger partial charge is 0.331 e. The zero-order chi connectivity index (χ0) is 20.1. The Balaban J connectivity index is 1.67. The van der Waals surface area contributed by atoms with Crippen molar-refractivity contribution in [1.29, 1.82) is 0 Å². The minimum Gasteiger partial charge on any atom is -0.454 e. The van der Waals surface area contributed by atoms with E-state index in [4.69, 9.17) is 16.3 Å². The van der Waals surface area contributed by atoms with Crippen molar-refractivity contribution in [2.45, 2.75) is 13.8 Å². The lowest BCUT2D eigenvalue weighted by Crippen LogP contribution is -2.12. The lowest BCUT2D eigenvalue weighted by Gasteiger charge is -2.04. The third kappa shape index (κ3) is 4.38. The lowest BCUT2D eigenvalue weighted by atomic mass is 10.1.